The molecule has 1 aliphatic rings. The molecule has 1 N–H and O–H groups in total. The first-order valence-electron chi connectivity index (χ1n) is 7.30. The summed E-state index contributed by atoms with van der Waals surface area (Å²) in [6.45, 7) is 5.84. The van der Waals surface area contributed by atoms with E-state index < -0.39 is 5.97 Å². The molecule has 0 aromatic heterocycles. The lowest BCUT2D eigenvalue weighted by Crippen LogP contribution is -2.34. The Morgan fingerprint density at radius 1 is 1.30 bits per heavy atom. The molecule has 2 atom stereocenters. The van der Waals surface area contributed by atoms with Gasteiger partial charge in [-0.3, -0.25) is 4.90 Å². The molecule has 1 fully saturated rings. The maximum absolute atomic E-state index is 11.8. The number of hydrogen-bond acceptors (Lipinski definition) is 4. The van der Waals surface area contributed by atoms with Crippen LogP contribution >= 0.6 is 0 Å². The number of esters is 1. The van der Waals surface area contributed by atoms with Crippen molar-refractivity contribution in [1.29, 1.82) is 0 Å². The van der Waals surface area contributed by atoms with Crippen LogP contribution in [0.4, 0.5) is 0 Å². The van der Waals surface area contributed by atoms with Crippen LogP contribution in [0.2, 0.25) is 0 Å². The van der Waals surface area contributed by atoms with Gasteiger partial charge < -0.3 is 9.84 Å². The number of phenolic OH excluding ortho intramolecular Hbond substituents is 1. The third-order valence-corrected chi connectivity index (χ3v) is 4.05. The third-order valence-electron chi connectivity index (χ3n) is 4.05. The molecule has 4 heteroatoms. The Kier molecular flexibility index (Phi) is 5.01. The molecule has 0 spiro atoms. The van der Waals surface area contributed by atoms with E-state index in [1.807, 2.05) is 0 Å². The fourth-order valence-corrected chi connectivity index (χ4v) is 2.83. The van der Waals surface area contributed by atoms with E-state index in [4.69, 9.17) is 4.74 Å². The molecular weight excluding hydrogens is 254 g/mol. The van der Waals surface area contributed by atoms with Crippen molar-refractivity contribution in [3.05, 3.63) is 29.8 Å². The molecule has 4 nitrogen and oxygen atoms in total. The summed E-state index contributed by atoms with van der Waals surface area (Å²) in [4.78, 5) is 14.3. The number of nitrogens with zero attached hydrogens (tertiary/aromatic N) is 1. The summed E-state index contributed by atoms with van der Waals surface area (Å²) in [6, 6.07) is 7.70. The van der Waals surface area contributed by atoms with Crippen LogP contribution in [0, 0.1) is 0 Å². The first kappa shape index (κ1) is 14.9. The molecule has 0 saturated carbocycles. The largest absolute Gasteiger partial charge is 0.507 e. The number of carbonyl (C=O) groups is 1. The van der Waals surface area contributed by atoms with Gasteiger partial charge in [-0.2, -0.15) is 0 Å². The van der Waals surface area contributed by atoms with Gasteiger partial charge in [0.05, 0.1) is 6.61 Å². The minimum absolute atomic E-state index is 0.0284. The number of para-hydroxylation sites is 1. The molecule has 0 amide bonds. The molecule has 0 aliphatic carbocycles. The van der Waals surface area contributed by atoms with E-state index in [2.05, 4.69) is 18.7 Å². The third kappa shape index (κ3) is 3.51. The van der Waals surface area contributed by atoms with Gasteiger partial charge in [0.1, 0.15) is 11.3 Å². The van der Waals surface area contributed by atoms with E-state index in [1.54, 1.807) is 18.2 Å². The molecule has 2 rings (SSSR count). The van der Waals surface area contributed by atoms with Gasteiger partial charge in [0.2, 0.25) is 0 Å². The van der Waals surface area contributed by atoms with Crippen LogP contribution in [0.5, 0.6) is 5.75 Å². The van der Waals surface area contributed by atoms with Crippen LogP contribution in [0.25, 0.3) is 0 Å². The molecule has 1 aromatic rings. The summed E-state index contributed by atoms with van der Waals surface area (Å²) in [5, 5.41) is 9.57. The number of ether oxygens (including phenoxy) is 1. The minimum atomic E-state index is -0.453. The average Bonchev–Trinajstić information content (AvgIpc) is 2.75. The van der Waals surface area contributed by atoms with E-state index in [0.717, 1.165) is 13.0 Å². The van der Waals surface area contributed by atoms with Crippen molar-refractivity contribution >= 4 is 5.97 Å². The predicted molar refractivity (Wildman–Crippen MR) is 77.9 cm³/mol. The molecule has 2 unspecified atom stereocenters. The quantitative estimate of drug-likeness (QED) is 0.664. The van der Waals surface area contributed by atoms with Crippen LogP contribution in [0.3, 0.4) is 0 Å². The van der Waals surface area contributed by atoms with E-state index in [9.17, 15) is 9.90 Å². The van der Waals surface area contributed by atoms with Crippen LogP contribution in [-0.2, 0) is 4.74 Å². The highest BCUT2D eigenvalue weighted by atomic mass is 16.5. The maximum atomic E-state index is 11.8. The van der Waals surface area contributed by atoms with Crippen molar-refractivity contribution in [3.63, 3.8) is 0 Å². The van der Waals surface area contributed by atoms with Crippen molar-refractivity contribution in [2.24, 2.45) is 0 Å². The molecule has 20 heavy (non-hydrogen) atoms. The summed E-state index contributed by atoms with van der Waals surface area (Å²) in [5.74, 6) is -0.482. The summed E-state index contributed by atoms with van der Waals surface area (Å²) >= 11 is 0. The van der Waals surface area contributed by atoms with E-state index in [-0.39, 0.29) is 11.3 Å². The summed E-state index contributed by atoms with van der Waals surface area (Å²) < 4.78 is 5.21. The zero-order valence-corrected chi connectivity index (χ0v) is 12.2. The monoisotopic (exact) mass is 277 g/mol. The Morgan fingerprint density at radius 2 is 1.95 bits per heavy atom. The SMILES string of the molecule is CC1CCC(C)N1CCCOC(=O)c1ccccc1O. The van der Waals surface area contributed by atoms with Crippen LogP contribution in [0.1, 0.15) is 43.5 Å². The van der Waals surface area contributed by atoms with E-state index >= 15 is 0 Å². The minimum Gasteiger partial charge on any atom is -0.507 e. The molecule has 1 saturated heterocycles. The summed E-state index contributed by atoms with van der Waals surface area (Å²) in [6.07, 6.45) is 3.33. The van der Waals surface area contributed by atoms with Crippen molar-refractivity contribution in [3.8, 4) is 5.75 Å². The second-order valence-corrected chi connectivity index (χ2v) is 5.52. The second kappa shape index (κ2) is 6.75. The Labute approximate surface area is 120 Å². The standard InChI is InChI=1S/C16H23NO3/c1-12-8-9-13(2)17(12)10-5-11-20-16(19)14-6-3-4-7-15(14)18/h3-4,6-7,12-13,18H,5,8-11H2,1-2H3. The summed E-state index contributed by atoms with van der Waals surface area (Å²) in [7, 11) is 0. The zero-order valence-electron chi connectivity index (χ0n) is 12.2. The van der Waals surface area contributed by atoms with Gasteiger partial charge in [0.15, 0.2) is 0 Å². The van der Waals surface area contributed by atoms with Gasteiger partial charge in [0.25, 0.3) is 0 Å². The van der Waals surface area contributed by atoms with Crippen molar-refractivity contribution in [2.75, 3.05) is 13.2 Å². The first-order chi connectivity index (χ1) is 9.59. The number of hydrogen-bond donors (Lipinski definition) is 1. The maximum Gasteiger partial charge on any atom is 0.341 e. The molecular formula is C16H23NO3. The highest BCUT2D eigenvalue weighted by Crippen LogP contribution is 2.23. The highest BCUT2D eigenvalue weighted by Gasteiger charge is 2.26. The lowest BCUT2D eigenvalue weighted by molar-refractivity contribution is 0.0479. The van der Waals surface area contributed by atoms with Crippen molar-refractivity contribution in [2.45, 2.75) is 45.2 Å². The Bertz CT molecular complexity index is 451. The topological polar surface area (TPSA) is 49.8 Å². The van der Waals surface area contributed by atoms with Crippen molar-refractivity contribution < 1.29 is 14.6 Å². The number of likely N-dealkylation sites (tertiary alicyclic amines) is 1. The van der Waals surface area contributed by atoms with E-state index in [1.165, 1.54) is 18.9 Å². The fraction of sp³-hybridized carbons (Fsp3) is 0.562. The predicted octanol–water partition coefficient (Wildman–Crippen LogP) is 2.81. The number of carbonyl (C=O) groups excluding carboxylic acids is 1. The Morgan fingerprint density at radius 3 is 2.60 bits per heavy atom. The molecule has 110 valence electrons. The highest BCUT2D eigenvalue weighted by molar-refractivity contribution is 5.92. The first-order valence-corrected chi connectivity index (χ1v) is 7.30. The van der Waals surface area contributed by atoms with E-state index in [0.29, 0.717) is 18.7 Å². The Hall–Kier alpha value is -1.55. The molecule has 0 radical (unpaired) electrons. The van der Waals surface area contributed by atoms with Gasteiger partial charge in [-0.05, 0) is 45.2 Å². The zero-order chi connectivity index (χ0) is 14.5. The molecule has 1 aromatic carbocycles. The second-order valence-electron chi connectivity index (χ2n) is 5.52. The number of rotatable bonds is 5. The average molecular weight is 277 g/mol. The molecule has 1 aliphatic heterocycles. The lowest BCUT2D eigenvalue weighted by Gasteiger charge is -2.25. The van der Waals surface area contributed by atoms with Gasteiger partial charge in [-0.25, -0.2) is 4.79 Å². The fourth-order valence-electron chi connectivity index (χ4n) is 2.83. The number of phenols is 1. The van der Waals surface area contributed by atoms with Gasteiger partial charge >= 0.3 is 5.97 Å². The molecule has 0 bridgehead atoms. The van der Waals surface area contributed by atoms with Gasteiger partial charge in [-0.15, -0.1) is 0 Å². The normalized spacial score (nSPS) is 22.9. The Balaban J connectivity index is 1.74. The lowest BCUT2D eigenvalue weighted by atomic mass is 10.2. The smallest absolute Gasteiger partial charge is 0.341 e. The summed E-state index contributed by atoms with van der Waals surface area (Å²) in [5.41, 5.74) is 0.232. The van der Waals surface area contributed by atoms with Crippen molar-refractivity contribution in [1.82, 2.24) is 4.90 Å². The number of aromatic hydroxyl groups is 1. The van der Waals surface area contributed by atoms with Gasteiger partial charge in [-0.1, -0.05) is 12.1 Å². The van der Waals surface area contributed by atoms with Crippen LogP contribution in [0.15, 0.2) is 24.3 Å². The van der Waals surface area contributed by atoms with Gasteiger partial charge in [0, 0.05) is 18.6 Å². The van der Waals surface area contributed by atoms with Crippen LogP contribution < -0.4 is 0 Å². The van der Waals surface area contributed by atoms with Crippen LogP contribution in [-0.4, -0.2) is 41.2 Å². The molecule has 1 heterocycles. The number of benzene rings is 1.